The lowest BCUT2D eigenvalue weighted by atomic mass is 10.2. The van der Waals surface area contributed by atoms with E-state index in [1.807, 2.05) is 0 Å². The Balaban J connectivity index is 3.16. The molecule has 0 saturated carbocycles. The molecule has 1 atom stereocenters. The minimum absolute atomic E-state index is 0.398. The van der Waals surface area contributed by atoms with E-state index >= 15 is 0 Å². The Morgan fingerprint density at radius 2 is 2.18 bits per heavy atom. The van der Waals surface area contributed by atoms with E-state index in [4.69, 9.17) is 0 Å². The summed E-state index contributed by atoms with van der Waals surface area (Å²) in [5, 5.41) is 0.398. The van der Waals surface area contributed by atoms with Crippen molar-refractivity contribution in [3.05, 3.63) is 0 Å². The van der Waals surface area contributed by atoms with Crippen LogP contribution in [0.15, 0.2) is 4.99 Å². The standard InChI is InChI=1S/C7H13NOS2/c9-6-8-4-1-2-7(11)3-5-10/h7,10-11H,1-5H2. The molecule has 0 amide bonds. The van der Waals surface area contributed by atoms with E-state index in [9.17, 15) is 4.79 Å². The summed E-state index contributed by atoms with van der Waals surface area (Å²) in [6.45, 7) is 0.577. The van der Waals surface area contributed by atoms with Gasteiger partial charge in [0.05, 0.1) is 6.54 Å². The molecule has 0 aromatic carbocycles. The van der Waals surface area contributed by atoms with Crippen LogP contribution >= 0.6 is 25.3 Å². The van der Waals surface area contributed by atoms with Gasteiger partial charge < -0.3 is 0 Å². The first-order valence-electron chi connectivity index (χ1n) is 3.63. The normalized spacial score (nSPS) is 12.2. The molecule has 11 heavy (non-hydrogen) atoms. The van der Waals surface area contributed by atoms with Crippen molar-refractivity contribution in [1.29, 1.82) is 0 Å². The van der Waals surface area contributed by atoms with Gasteiger partial charge in [-0.25, -0.2) is 9.79 Å². The molecule has 2 nitrogen and oxygen atoms in total. The molecule has 0 aliphatic heterocycles. The van der Waals surface area contributed by atoms with Crippen molar-refractivity contribution in [2.45, 2.75) is 24.5 Å². The van der Waals surface area contributed by atoms with E-state index in [0.29, 0.717) is 11.8 Å². The largest absolute Gasteiger partial charge is 0.234 e. The molecule has 0 fully saturated rings. The summed E-state index contributed by atoms with van der Waals surface area (Å²) in [5.41, 5.74) is 0. The second-order valence-corrected chi connectivity index (χ2v) is 3.46. The first-order valence-corrected chi connectivity index (χ1v) is 4.78. The summed E-state index contributed by atoms with van der Waals surface area (Å²) in [6.07, 6.45) is 4.43. The Hall–Kier alpha value is 0.0800. The lowest BCUT2D eigenvalue weighted by Crippen LogP contribution is -2.00. The van der Waals surface area contributed by atoms with Crippen molar-refractivity contribution in [1.82, 2.24) is 0 Å². The fourth-order valence-corrected chi connectivity index (χ4v) is 1.57. The molecule has 64 valence electrons. The Labute approximate surface area is 78.3 Å². The van der Waals surface area contributed by atoms with E-state index < -0.39 is 0 Å². The molecule has 0 bridgehead atoms. The first-order chi connectivity index (χ1) is 5.31. The van der Waals surface area contributed by atoms with Gasteiger partial charge in [0.2, 0.25) is 6.08 Å². The zero-order chi connectivity index (χ0) is 8.53. The molecular formula is C7H13NOS2. The van der Waals surface area contributed by atoms with Crippen molar-refractivity contribution in [3.63, 3.8) is 0 Å². The second-order valence-electron chi connectivity index (χ2n) is 2.28. The summed E-state index contributed by atoms with van der Waals surface area (Å²) < 4.78 is 0. The van der Waals surface area contributed by atoms with Crippen LogP contribution in [0, 0.1) is 0 Å². The van der Waals surface area contributed by atoms with Gasteiger partial charge in [-0.1, -0.05) is 0 Å². The quantitative estimate of drug-likeness (QED) is 0.285. The smallest absolute Gasteiger partial charge is 0.211 e. The Morgan fingerprint density at radius 3 is 2.73 bits per heavy atom. The van der Waals surface area contributed by atoms with E-state index in [2.05, 4.69) is 30.2 Å². The SMILES string of the molecule is O=C=NCCCC(S)CCS. The van der Waals surface area contributed by atoms with Gasteiger partial charge in [0, 0.05) is 5.25 Å². The van der Waals surface area contributed by atoms with Crippen molar-refractivity contribution >= 4 is 31.3 Å². The van der Waals surface area contributed by atoms with Crippen LogP contribution in [0.5, 0.6) is 0 Å². The first kappa shape index (κ1) is 11.1. The van der Waals surface area contributed by atoms with Crippen LogP contribution in [0.25, 0.3) is 0 Å². The topological polar surface area (TPSA) is 29.4 Å². The average molecular weight is 191 g/mol. The summed E-state index contributed by atoms with van der Waals surface area (Å²) in [6, 6.07) is 0. The summed E-state index contributed by atoms with van der Waals surface area (Å²) in [7, 11) is 0. The highest BCUT2D eigenvalue weighted by atomic mass is 32.1. The zero-order valence-corrected chi connectivity index (χ0v) is 8.15. The van der Waals surface area contributed by atoms with Crippen LogP contribution in [0.1, 0.15) is 19.3 Å². The molecule has 0 aliphatic carbocycles. The lowest BCUT2D eigenvalue weighted by molar-refractivity contribution is 0.561. The number of isocyanates is 1. The molecule has 0 aromatic heterocycles. The number of aliphatic imine (C=N–C) groups is 1. The molecule has 0 rings (SSSR count). The molecule has 4 heteroatoms. The fourth-order valence-electron chi connectivity index (χ4n) is 0.745. The molecule has 0 heterocycles. The van der Waals surface area contributed by atoms with Crippen molar-refractivity contribution in [2.24, 2.45) is 4.99 Å². The van der Waals surface area contributed by atoms with Gasteiger partial charge in [-0.05, 0) is 25.0 Å². The van der Waals surface area contributed by atoms with E-state index in [1.54, 1.807) is 0 Å². The average Bonchev–Trinajstić information content (AvgIpc) is 1.99. The van der Waals surface area contributed by atoms with Gasteiger partial charge in [0.15, 0.2) is 0 Å². The van der Waals surface area contributed by atoms with Crippen molar-refractivity contribution < 1.29 is 4.79 Å². The van der Waals surface area contributed by atoms with Gasteiger partial charge in [-0.2, -0.15) is 25.3 Å². The summed E-state index contributed by atoms with van der Waals surface area (Å²) in [4.78, 5) is 13.1. The van der Waals surface area contributed by atoms with Crippen LogP contribution in [0.4, 0.5) is 0 Å². The predicted octanol–water partition coefficient (Wildman–Crippen LogP) is 1.72. The maximum Gasteiger partial charge on any atom is 0.234 e. The molecule has 0 N–H and O–H groups in total. The molecule has 0 aliphatic rings. The number of hydrogen-bond acceptors (Lipinski definition) is 4. The van der Waals surface area contributed by atoms with Crippen LogP contribution < -0.4 is 0 Å². The molecule has 0 saturated heterocycles. The third kappa shape index (κ3) is 7.98. The summed E-state index contributed by atoms with van der Waals surface area (Å²) >= 11 is 8.41. The fraction of sp³-hybridized carbons (Fsp3) is 0.857. The van der Waals surface area contributed by atoms with Crippen LogP contribution in [0.3, 0.4) is 0 Å². The minimum atomic E-state index is 0.398. The van der Waals surface area contributed by atoms with Gasteiger partial charge in [0.25, 0.3) is 0 Å². The highest BCUT2D eigenvalue weighted by Gasteiger charge is 1.99. The maximum absolute atomic E-state index is 9.65. The van der Waals surface area contributed by atoms with Crippen LogP contribution in [-0.4, -0.2) is 23.6 Å². The van der Waals surface area contributed by atoms with Crippen LogP contribution in [-0.2, 0) is 4.79 Å². The Bertz CT molecular complexity index is 134. The van der Waals surface area contributed by atoms with E-state index in [1.165, 1.54) is 6.08 Å². The third-order valence-corrected chi connectivity index (χ3v) is 2.11. The summed E-state index contributed by atoms with van der Waals surface area (Å²) in [5.74, 6) is 0.866. The number of hydrogen-bond donors (Lipinski definition) is 2. The maximum atomic E-state index is 9.65. The minimum Gasteiger partial charge on any atom is -0.211 e. The molecule has 0 aromatic rings. The molecule has 0 spiro atoms. The van der Waals surface area contributed by atoms with Gasteiger partial charge in [0.1, 0.15) is 0 Å². The van der Waals surface area contributed by atoms with Gasteiger partial charge in [-0.15, -0.1) is 0 Å². The van der Waals surface area contributed by atoms with Crippen molar-refractivity contribution in [3.8, 4) is 0 Å². The van der Waals surface area contributed by atoms with E-state index in [0.717, 1.165) is 25.0 Å². The molecule has 0 radical (unpaired) electrons. The number of carbonyl (C=O) groups excluding carboxylic acids is 1. The van der Waals surface area contributed by atoms with Crippen LogP contribution in [0.2, 0.25) is 0 Å². The molecular weight excluding hydrogens is 178 g/mol. The number of rotatable bonds is 6. The monoisotopic (exact) mass is 191 g/mol. The lowest BCUT2D eigenvalue weighted by Gasteiger charge is -2.05. The van der Waals surface area contributed by atoms with Gasteiger partial charge >= 0.3 is 0 Å². The number of nitrogens with zero attached hydrogens (tertiary/aromatic N) is 1. The second kappa shape index (κ2) is 8.18. The highest BCUT2D eigenvalue weighted by Crippen LogP contribution is 2.09. The third-order valence-electron chi connectivity index (χ3n) is 1.33. The Kier molecular flexibility index (Phi) is 8.24. The van der Waals surface area contributed by atoms with E-state index in [-0.39, 0.29) is 0 Å². The Morgan fingerprint density at radius 1 is 1.45 bits per heavy atom. The highest BCUT2D eigenvalue weighted by molar-refractivity contribution is 7.81. The zero-order valence-electron chi connectivity index (χ0n) is 6.36. The predicted molar refractivity (Wildman–Crippen MR) is 53.5 cm³/mol. The van der Waals surface area contributed by atoms with Gasteiger partial charge in [-0.3, -0.25) is 0 Å². The number of thiol groups is 2. The van der Waals surface area contributed by atoms with Crippen molar-refractivity contribution in [2.75, 3.05) is 12.3 Å². The molecule has 1 unspecified atom stereocenters.